The van der Waals surface area contributed by atoms with Crippen LogP contribution < -0.4 is 0 Å². The predicted octanol–water partition coefficient (Wildman–Crippen LogP) is 1.03. The summed E-state index contributed by atoms with van der Waals surface area (Å²) in [6.45, 7) is 4.17. The lowest BCUT2D eigenvalue weighted by atomic mass is 10.1. The lowest BCUT2D eigenvalue weighted by molar-refractivity contribution is 0.304. The van der Waals surface area contributed by atoms with Crippen molar-refractivity contribution >= 4 is 0 Å². The SMILES string of the molecule is CCc1cnc2c(n1)CCN(C)C2. The second kappa shape index (κ2) is 3.42. The Balaban J connectivity index is 2.31. The fraction of sp³-hybridized carbons (Fsp3) is 0.600. The Labute approximate surface area is 78.8 Å². The highest BCUT2D eigenvalue weighted by atomic mass is 15.1. The number of aromatic nitrogens is 2. The van der Waals surface area contributed by atoms with Gasteiger partial charge in [-0.1, -0.05) is 6.92 Å². The first-order chi connectivity index (χ1) is 6.29. The van der Waals surface area contributed by atoms with Crippen molar-refractivity contribution in [3.63, 3.8) is 0 Å². The van der Waals surface area contributed by atoms with Crippen LogP contribution in [0.1, 0.15) is 24.0 Å². The summed E-state index contributed by atoms with van der Waals surface area (Å²) >= 11 is 0. The number of rotatable bonds is 1. The van der Waals surface area contributed by atoms with Crippen LogP contribution in [0.2, 0.25) is 0 Å². The normalized spacial score (nSPS) is 17.1. The van der Waals surface area contributed by atoms with Gasteiger partial charge < -0.3 is 4.90 Å². The van der Waals surface area contributed by atoms with E-state index in [2.05, 4.69) is 28.8 Å². The molecule has 0 bridgehead atoms. The van der Waals surface area contributed by atoms with E-state index in [1.54, 1.807) is 0 Å². The maximum Gasteiger partial charge on any atom is 0.0759 e. The zero-order valence-electron chi connectivity index (χ0n) is 8.25. The van der Waals surface area contributed by atoms with Crippen molar-refractivity contribution in [1.29, 1.82) is 0 Å². The Bertz CT molecular complexity index is 309. The van der Waals surface area contributed by atoms with E-state index < -0.39 is 0 Å². The molecule has 0 N–H and O–H groups in total. The van der Waals surface area contributed by atoms with E-state index in [-0.39, 0.29) is 0 Å². The molecule has 0 spiro atoms. The smallest absolute Gasteiger partial charge is 0.0759 e. The molecule has 1 aliphatic heterocycles. The molecule has 0 aromatic carbocycles. The highest BCUT2D eigenvalue weighted by Gasteiger charge is 2.15. The van der Waals surface area contributed by atoms with Crippen LogP contribution in [-0.2, 0) is 19.4 Å². The van der Waals surface area contributed by atoms with Gasteiger partial charge in [-0.3, -0.25) is 9.97 Å². The van der Waals surface area contributed by atoms with Gasteiger partial charge in [0.2, 0.25) is 0 Å². The Kier molecular flexibility index (Phi) is 2.27. The van der Waals surface area contributed by atoms with Crippen molar-refractivity contribution < 1.29 is 0 Å². The van der Waals surface area contributed by atoms with E-state index in [1.165, 1.54) is 5.69 Å². The molecule has 0 fully saturated rings. The summed E-state index contributed by atoms with van der Waals surface area (Å²) in [5.41, 5.74) is 3.48. The van der Waals surface area contributed by atoms with E-state index in [1.807, 2.05) is 6.20 Å². The molecule has 1 aromatic rings. The van der Waals surface area contributed by atoms with Crippen molar-refractivity contribution in [3.8, 4) is 0 Å². The first-order valence-electron chi connectivity index (χ1n) is 4.82. The summed E-state index contributed by atoms with van der Waals surface area (Å²) in [6, 6.07) is 0. The van der Waals surface area contributed by atoms with E-state index in [0.29, 0.717) is 0 Å². The molecule has 1 aliphatic rings. The molecule has 0 radical (unpaired) electrons. The Hall–Kier alpha value is -0.960. The second-order valence-corrected chi connectivity index (χ2v) is 3.60. The number of nitrogens with zero attached hydrogens (tertiary/aromatic N) is 3. The van der Waals surface area contributed by atoms with Crippen LogP contribution in [0, 0.1) is 0 Å². The van der Waals surface area contributed by atoms with Gasteiger partial charge in [-0.25, -0.2) is 0 Å². The predicted molar refractivity (Wildman–Crippen MR) is 51.4 cm³/mol. The molecule has 0 saturated heterocycles. The fourth-order valence-electron chi connectivity index (χ4n) is 1.63. The van der Waals surface area contributed by atoms with Crippen LogP contribution in [0.4, 0.5) is 0 Å². The highest BCUT2D eigenvalue weighted by Crippen LogP contribution is 2.13. The maximum absolute atomic E-state index is 4.58. The summed E-state index contributed by atoms with van der Waals surface area (Å²) in [5, 5.41) is 0. The van der Waals surface area contributed by atoms with E-state index in [0.717, 1.165) is 37.3 Å². The standard InChI is InChI=1S/C10H15N3/c1-3-8-6-11-10-7-13(2)5-4-9(10)12-8/h6H,3-5,7H2,1-2H3. The van der Waals surface area contributed by atoms with Crippen molar-refractivity contribution in [3.05, 3.63) is 23.3 Å². The minimum Gasteiger partial charge on any atom is -0.300 e. The lowest BCUT2D eigenvalue weighted by Crippen LogP contribution is -2.28. The third-order valence-corrected chi connectivity index (χ3v) is 2.49. The van der Waals surface area contributed by atoms with Gasteiger partial charge >= 0.3 is 0 Å². The van der Waals surface area contributed by atoms with E-state index in [9.17, 15) is 0 Å². The molecular formula is C10H15N3. The first kappa shape index (κ1) is 8.63. The van der Waals surface area contributed by atoms with Gasteiger partial charge in [0.15, 0.2) is 0 Å². The number of likely N-dealkylation sites (N-methyl/N-ethyl adjacent to an activating group) is 1. The molecule has 0 aliphatic carbocycles. The van der Waals surface area contributed by atoms with Crippen LogP contribution in [0.5, 0.6) is 0 Å². The molecular weight excluding hydrogens is 162 g/mol. The molecule has 0 amide bonds. The van der Waals surface area contributed by atoms with Crippen LogP contribution in [-0.4, -0.2) is 28.5 Å². The first-order valence-corrected chi connectivity index (χ1v) is 4.82. The van der Waals surface area contributed by atoms with Gasteiger partial charge in [0.1, 0.15) is 0 Å². The average molecular weight is 177 g/mol. The van der Waals surface area contributed by atoms with Crippen molar-refractivity contribution in [2.45, 2.75) is 26.3 Å². The van der Waals surface area contributed by atoms with Gasteiger partial charge in [-0.15, -0.1) is 0 Å². The number of hydrogen-bond donors (Lipinski definition) is 0. The number of aryl methyl sites for hydroxylation is 1. The number of hydrogen-bond acceptors (Lipinski definition) is 3. The van der Waals surface area contributed by atoms with Gasteiger partial charge in [0, 0.05) is 25.7 Å². The average Bonchev–Trinajstić information content (AvgIpc) is 2.17. The van der Waals surface area contributed by atoms with E-state index in [4.69, 9.17) is 0 Å². The van der Waals surface area contributed by atoms with Crippen LogP contribution >= 0.6 is 0 Å². The minimum atomic E-state index is 0.951. The fourth-order valence-corrected chi connectivity index (χ4v) is 1.63. The molecule has 13 heavy (non-hydrogen) atoms. The van der Waals surface area contributed by atoms with Crippen LogP contribution in [0.25, 0.3) is 0 Å². The maximum atomic E-state index is 4.58. The van der Waals surface area contributed by atoms with Crippen molar-refractivity contribution in [2.75, 3.05) is 13.6 Å². The third-order valence-electron chi connectivity index (χ3n) is 2.49. The van der Waals surface area contributed by atoms with Crippen LogP contribution in [0.15, 0.2) is 6.20 Å². The minimum absolute atomic E-state index is 0.951. The summed E-state index contributed by atoms with van der Waals surface area (Å²) < 4.78 is 0. The molecule has 1 aromatic heterocycles. The summed E-state index contributed by atoms with van der Waals surface area (Å²) in [5.74, 6) is 0. The molecule has 3 nitrogen and oxygen atoms in total. The number of fused-ring (bicyclic) bond motifs is 1. The van der Waals surface area contributed by atoms with Crippen LogP contribution in [0.3, 0.4) is 0 Å². The zero-order valence-corrected chi connectivity index (χ0v) is 8.25. The zero-order chi connectivity index (χ0) is 9.26. The summed E-state index contributed by atoms with van der Waals surface area (Å²) in [4.78, 5) is 11.3. The summed E-state index contributed by atoms with van der Waals surface area (Å²) in [6.07, 6.45) is 3.93. The van der Waals surface area contributed by atoms with E-state index >= 15 is 0 Å². The Morgan fingerprint density at radius 1 is 1.46 bits per heavy atom. The summed E-state index contributed by atoms with van der Waals surface area (Å²) in [7, 11) is 2.12. The Morgan fingerprint density at radius 3 is 3.08 bits per heavy atom. The Morgan fingerprint density at radius 2 is 2.31 bits per heavy atom. The third kappa shape index (κ3) is 1.70. The van der Waals surface area contributed by atoms with Crippen molar-refractivity contribution in [2.24, 2.45) is 0 Å². The largest absolute Gasteiger partial charge is 0.300 e. The van der Waals surface area contributed by atoms with Gasteiger partial charge in [-0.2, -0.15) is 0 Å². The molecule has 2 heterocycles. The molecule has 0 saturated carbocycles. The highest BCUT2D eigenvalue weighted by molar-refractivity contribution is 5.16. The topological polar surface area (TPSA) is 29.0 Å². The van der Waals surface area contributed by atoms with Crippen molar-refractivity contribution in [1.82, 2.24) is 14.9 Å². The quantitative estimate of drug-likeness (QED) is 0.641. The molecule has 3 heteroatoms. The van der Waals surface area contributed by atoms with Gasteiger partial charge in [-0.05, 0) is 13.5 Å². The van der Waals surface area contributed by atoms with Gasteiger partial charge in [0.05, 0.1) is 17.1 Å². The monoisotopic (exact) mass is 177 g/mol. The molecule has 0 unspecified atom stereocenters. The lowest BCUT2D eigenvalue weighted by Gasteiger charge is -2.23. The van der Waals surface area contributed by atoms with Gasteiger partial charge in [0.25, 0.3) is 0 Å². The molecule has 70 valence electrons. The molecule has 2 rings (SSSR count). The second-order valence-electron chi connectivity index (χ2n) is 3.60. The molecule has 0 atom stereocenters.